The highest BCUT2D eigenvalue weighted by Crippen LogP contribution is 2.36. The molecule has 0 saturated carbocycles. The average molecular weight is 332 g/mol. The summed E-state index contributed by atoms with van der Waals surface area (Å²) in [6.07, 6.45) is 8.09. The lowest BCUT2D eigenvalue weighted by Gasteiger charge is -2.15. The number of amides is 1. The van der Waals surface area contributed by atoms with Gasteiger partial charge in [0.2, 0.25) is 0 Å². The molecule has 23 heavy (non-hydrogen) atoms. The summed E-state index contributed by atoms with van der Waals surface area (Å²) in [6, 6.07) is 3.22. The highest BCUT2D eigenvalue weighted by Gasteiger charge is 2.27. The number of esters is 1. The van der Waals surface area contributed by atoms with Crippen LogP contribution in [0.5, 0.6) is 0 Å². The molecule has 2 aromatic heterocycles. The van der Waals surface area contributed by atoms with E-state index in [2.05, 4.69) is 10.1 Å². The fourth-order valence-electron chi connectivity index (χ4n) is 2.94. The van der Waals surface area contributed by atoms with Gasteiger partial charge in [-0.1, -0.05) is 0 Å². The number of hydrogen-bond donors (Lipinski definition) is 1. The third kappa shape index (κ3) is 3.03. The SMILES string of the molecule is COC(=O)[C@H](C)NC(=O)c1c(-n2cccc2)sc2c1CCCC2. The van der Waals surface area contributed by atoms with Crippen molar-refractivity contribution in [2.24, 2.45) is 0 Å². The van der Waals surface area contributed by atoms with Crippen molar-refractivity contribution in [1.29, 1.82) is 0 Å². The quantitative estimate of drug-likeness (QED) is 0.876. The molecule has 0 spiro atoms. The Balaban J connectivity index is 1.98. The number of aromatic nitrogens is 1. The van der Waals surface area contributed by atoms with Gasteiger partial charge in [0.15, 0.2) is 0 Å². The molecule has 6 heteroatoms. The van der Waals surface area contributed by atoms with Gasteiger partial charge in [0.05, 0.1) is 12.7 Å². The minimum Gasteiger partial charge on any atom is -0.467 e. The van der Waals surface area contributed by atoms with E-state index in [1.165, 1.54) is 12.0 Å². The Bertz CT molecular complexity index is 719. The first-order valence-corrected chi connectivity index (χ1v) is 8.60. The number of nitrogens with zero attached hydrogens (tertiary/aromatic N) is 1. The summed E-state index contributed by atoms with van der Waals surface area (Å²) in [7, 11) is 1.32. The van der Waals surface area contributed by atoms with Crippen molar-refractivity contribution < 1.29 is 14.3 Å². The number of fused-ring (bicyclic) bond motifs is 1. The molecule has 0 saturated heterocycles. The fourth-order valence-corrected chi connectivity index (χ4v) is 4.29. The van der Waals surface area contributed by atoms with Crippen LogP contribution in [0, 0.1) is 0 Å². The highest BCUT2D eigenvalue weighted by atomic mass is 32.1. The fraction of sp³-hybridized carbons (Fsp3) is 0.412. The summed E-state index contributed by atoms with van der Waals surface area (Å²) in [4.78, 5) is 25.7. The van der Waals surface area contributed by atoms with Crippen molar-refractivity contribution in [2.75, 3.05) is 7.11 Å². The molecular weight excluding hydrogens is 312 g/mol. The van der Waals surface area contributed by atoms with Crippen molar-refractivity contribution >= 4 is 23.2 Å². The Morgan fingerprint density at radius 1 is 1.26 bits per heavy atom. The number of thiophene rings is 1. The first-order chi connectivity index (χ1) is 11.1. The summed E-state index contributed by atoms with van der Waals surface area (Å²) >= 11 is 1.68. The Kier molecular flexibility index (Phi) is 4.52. The molecule has 5 nitrogen and oxygen atoms in total. The van der Waals surface area contributed by atoms with Gasteiger partial charge in [-0.2, -0.15) is 0 Å². The van der Waals surface area contributed by atoms with Gasteiger partial charge in [-0.05, 0) is 50.3 Å². The number of carbonyl (C=O) groups excluding carboxylic acids is 2. The summed E-state index contributed by atoms with van der Waals surface area (Å²) in [5.74, 6) is -0.643. The Morgan fingerprint density at radius 3 is 2.65 bits per heavy atom. The number of nitrogens with one attached hydrogen (secondary N) is 1. The second-order valence-corrected chi connectivity index (χ2v) is 6.78. The van der Waals surface area contributed by atoms with E-state index in [4.69, 9.17) is 0 Å². The molecule has 0 radical (unpaired) electrons. The van der Waals surface area contributed by atoms with Gasteiger partial charge < -0.3 is 14.6 Å². The second-order valence-electron chi connectivity index (χ2n) is 5.70. The first-order valence-electron chi connectivity index (χ1n) is 7.78. The Hall–Kier alpha value is -2.08. The van der Waals surface area contributed by atoms with Crippen molar-refractivity contribution in [3.8, 4) is 5.00 Å². The molecule has 0 aliphatic heterocycles. The third-order valence-electron chi connectivity index (χ3n) is 4.12. The van der Waals surface area contributed by atoms with Crippen LogP contribution >= 0.6 is 11.3 Å². The molecule has 0 bridgehead atoms. The lowest BCUT2D eigenvalue weighted by molar-refractivity contribution is -0.142. The van der Waals surface area contributed by atoms with Crippen LogP contribution in [0.2, 0.25) is 0 Å². The van der Waals surface area contributed by atoms with E-state index < -0.39 is 12.0 Å². The van der Waals surface area contributed by atoms with Crippen LogP contribution < -0.4 is 5.32 Å². The van der Waals surface area contributed by atoms with Gasteiger partial charge in [0.1, 0.15) is 11.0 Å². The second kappa shape index (κ2) is 6.58. The van der Waals surface area contributed by atoms with Crippen molar-refractivity contribution in [2.45, 2.75) is 38.6 Å². The van der Waals surface area contributed by atoms with E-state index >= 15 is 0 Å². The predicted octanol–water partition coefficient (Wildman–Crippen LogP) is 2.71. The molecular formula is C17H20N2O3S. The highest BCUT2D eigenvalue weighted by molar-refractivity contribution is 7.15. The summed E-state index contributed by atoms with van der Waals surface area (Å²) in [5.41, 5.74) is 1.84. The number of ether oxygens (including phenoxy) is 1. The van der Waals surface area contributed by atoms with Crippen LogP contribution in [0.1, 0.15) is 40.6 Å². The van der Waals surface area contributed by atoms with E-state index in [-0.39, 0.29) is 5.91 Å². The smallest absolute Gasteiger partial charge is 0.328 e. The minimum atomic E-state index is -0.663. The van der Waals surface area contributed by atoms with Gasteiger partial charge in [0.25, 0.3) is 5.91 Å². The average Bonchev–Trinajstić information content (AvgIpc) is 3.20. The molecule has 1 amide bonds. The van der Waals surface area contributed by atoms with Crippen LogP contribution in [-0.4, -0.2) is 29.6 Å². The summed E-state index contributed by atoms with van der Waals surface area (Å²) < 4.78 is 6.66. The number of hydrogen-bond acceptors (Lipinski definition) is 4. The number of rotatable bonds is 4. The normalized spacial score (nSPS) is 14.9. The van der Waals surface area contributed by atoms with Gasteiger partial charge in [-0.3, -0.25) is 4.79 Å². The molecule has 2 aromatic rings. The van der Waals surface area contributed by atoms with Crippen molar-refractivity contribution in [3.05, 3.63) is 40.5 Å². The van der Waals surface area contributed by atoms with Crippen LogP contribution in [-0.2, 0) is 22.4 Å². The maximum absolute atomic E-state index is 12.8. The molecule has 1 N–H and O–H groups in total. The third-order valence-corrected chi connectivity index (χ3v) is 5.43. The van der Waals surface area contributed by atoms with Gasteiger partial charge in [-0.15, -0.1) is 11.3 Å². The molecule has 0 unspecified atom stereocenters. The zero-order valence-corrected chi connectivity index (χ0v) is 14.1. The van der Waals surface area contributed by atoms with Gasteiger partial charge >= 0.3 is 5.97 Å². The van der Waals surface area contributed by atoms with Crippen LogP contribution in [0.25, 0.3) is 5.00 Å². The van der Waals surface area contributed by atoms with Crippen molar-refractivity contribution in [3.63, 3.8) is 0 Å². The molecule has 0 fully saturated rings. The molecule has 0 aromatic carbocycles. The van der Waals surface area contributed by atoms with E-state index in [0.29, 0.717) is 5.56 Å². The standard InChI is InChI=1S/C17H20N2O3S/c1-11(17(21)22-2)18-15(20)14-12-7-3-4-8-13(12)23-16(14)19-9-5-6-10-19/h5-6,9-11H,3-4,7-8H2,1-2H3,(H,18,20)/t11-/m0/s1. The number of aryl methyl sites for hydroxylation is 1. The summed E-state index contributed by atoms with van der Waals surface area (Å²) in [5, 5.41) is 3.69. The maximum atomic E-state index is 12.8. The number of carbonyl (C=O) groups is 2. The lowest BCUT2D eigenvalue weighted by Crippen LogP contribution is -2.39. The predicted molar refractivity (Wildman–Crippen MR) is 89.2 cm³/mol. The molecule has 3 rings (SSSR count). The van der Waals surface area contributed by atoms with E-state index in [0.717, 1.165) is 36.2 Å². The Morgan fingerprint density at radius 2 is 1.96 bits per heavy atom. The molecule has 122 valence electrons. The maximum Gasteiger partial charge on any atom is 0.328 e. The minimum absolute atomic E-state index is 0.203. The van der Waals surface area contributed by atoms with Crippen molar-refractivity contribution in [1.82, 2.24) is 9.88 Å². The monoisotopic (exact) mass is 332 g/mol. The van der Waals surface area contributed by atoms with Gasteiger partial charge in [-0.25, -0.2) is 4.79 Å². The van der Waals surface area contributed by atoms with Crippen LogP contribution in [0.4, 0.5) is 0 Å². The van der Waals surface area contributed by atoms with E-state index in [9.17, 15) is 9.59 Å². The zero-order valence-electron chi connectivity index (χ0n) is 13.3. The number of methoxy groups -OCH3 is 1. The molecule has 2 heterocycles. The Labute approximate surface area is 139 Å². The zero-order chi connectivity index (χ0) is 16.4. The molecule has 1 atom stereocenters. The summed E-state index contributed by atoms with van der Waals surface area (Å²) in [6.45, 7) is 1.64. The van der Waals surface area contributed by atoms with Crippen LogP contribution in [0.3, 0.4) is 0 Å². The molecule has 1 aliphatic carbocycles. The molecule has 1 aliphatic rings. The topological polar surface area (TPSA) is 60.3 Å². The first kappa shape index (κ1) is 15.8. The van der Waals surface area contributed by atoms with Crippen LogP contribution in [0.15, 0.2) is 24.5 Å². The lowest BCUT2D eigenvalue weighted by atomic mass is 9.95. The van der Waals surface area contributed by atoms with Gasteiger partial charge in [0, 0.05) is 17.3 Å². The van der Waals surface area contributed by atoms with E-state index in [1.54, 1.807) is 18.3 Å². The van der Waals surface area contributed by atoms with E-state index in [1.807, 2.05) is 29.1 Å². The largest absolute Gasteiger partial charge is 0.467 e.